The van der Waals surface area contributed by atoms with E-state index in [2.05, 4.69) is 18.9 Å². The van der Waals surface area contributed by atoms with Crippen molar-refractivity contribution in [3.05, 3.63) is 0 Å². The maximum absolute atomic E-state index is 5.42. The number of rotatable bonds is 2. The van der Waals surface area contributed by atoms with Crippen LogP contribution in [0.15, 0.2) is 0 Å². The Morgan fingerprint density at radius 3 is 2.67 bits per heavy atom. The predicted molar refractivity (Wildman–Crippen MR) is 37.5 cm³/mol. The molecule has 2 unspecified atom stereocenters. The van der Waals surface area contributed by atoms with Gasteiger partial charge in [0, 0.05) is 19.2 Å². The molecule has 1 aliphatic heterocycles. The average molecular weight is 129 g/mol. The molecular weight excluding hydrogens is 114 g/mol. The van der Waals surface area contributed by atoms with Gasteiger partial charge in [-0.05, 0) is 20.9 Å². The molecule has 1 fully saturated rings. The Hall–Kier alpha value is -0.0800. The molecule has 2 heteroatoms. The van der Waals surface area contributed by atoms with Gasteiger partial charge < -0.3 is 4.74 Å². The molecule has 0 aromatic heterocycles. The summed E-state index contributed by atoms with van der Waals surface area (Å²) in [7, 11) is 2.13. The van der Waals surface area contributed by atoms with Crippen molar-refractivity contribution in [2.24, 2.45) is 0 Å². The summed E-state index contributed by atoms with van der Waals surface area (Å²) < 4.78 is 5.42. The van der Waals surface area contributed by atoms with E-state index in [0.717, 1.165) is 13.2 Å². The highest BCUT2D eigenvalue weighted by molar-refractivity contribution is 4.86. The van der Waals surface area contributed by atoms with Gasteiger partial charge in [-0.1, -0.05) is 0 Å². The number of nitrogens with zero attached hydrogens (tertiary/aromatic N) is 1. The minimum absolute atomic E-state index is 0.500. The Labute approximate surface area is 56.8 Å². The van der Waals surface area contributed by atoms with Gasteiger partial charge in [0.25, 0.3) is 0 Å². The SMILES string of the molecule is CCOC1CN(C)C1C. The average Bonchev–Trinajstić information content (AvgIpc) is 1.88. The van der Waals surface area contributed by atoms with Crippen LogP contribution in [0.25, 0.3) is 0 Å². The lowest BCUT2D eigenvalue weighted by atomic mass is 10.0. The normalized spacial score (nSPS) is 36.3. The molecule has 0 spiro atoms. The van der Waals surface area contributed by atoms with E-state index < -0.39 is 0 Å². The van der Waals surface area contributed by atoms with Crippen LogP contribution < -0.4 is 0 Å². The van der Waals surface area contributed by atoms with Gasteiger partial charge in [-0.25, -0.2) is 0 Å². The van der Waals surface area contributed by atoms with Crippen LogP contribution in [-0.2, 0) is 4.74 Å². The Balaban J connectivity index is 2.17. The summed E-state index contributed by atoms with van der Waals surface area (Å²) in [5, 5.41) is 0. The highest BCUT2D eigenvalue weighted by Gasteiger charge is 2.32. The summed E-state index contributed by atoms with van der Waals surface area (Å²) in [6, 6.07) is 0.630. The first-order chi connectivity index (χ1) is 4.25. The first-order valence-electron chi connectivity index (χ1n) is 3.57. The van der Waals surface area contributed by atoms with Crippen molar-refractivity contribution in [1.29, 1.82) is 0 Å². The molecule has 2 atom stereocenters. The maximum Gasteiger partial charge on any atom is 0.0853 e. The van der Waals surface area contributed by atoms with Gasteiger partial charge in [-0.3, -0.25) is 4.90 Å². The summed E-state index contributed by atoms with van der Waals surface area (Å²) in [5.41, 5.74) is 0. The number of likely N-dealkylation sites (N-methyl/N-ethyl adjacent to an activating group) is 1. The van der Waals surface area contributed by atoms with Crippen molar-refractivity contribution in [2.45, 2.75) is 26.0 Å². The third-order valence-corrected chi connectivity index (χ3v) is 2.08. The predicted octanol–water partition coefficient (Wildman–Crippen LogP) is 0.725. The highest BCUT2D eigenvalue weighted by atomic mass is 16.5. The van der Waals surface area contributed by atoms with Crippen LogP contribution in [0.3, 0.4) is 0 Å². The summed E-state index contributed by atoms with van der Waals surface area (Å²) in [4.78, 5) is 2.29. The molecule has 9 heavy (non-hydrogen) atoms. The molecule has 54 valence electrons. The minimum atomic E-state index is 0.500. The van der Waals surface area contributed by atoms with E-state index in [4.69, 9.17) is 4.74 Å². The smallest absolute Gasteiger partial charge is 0.0853 e. The van der Waals surface area contributed by atoms with E-state index in [1.165, 1.54) is 0 Å². The maximum atomic E-state index is 5.42. The van der Waals surface area contributed by atoms with Crippen molar-refractivity contribution in [3.63, 3.8) is 0 Å². The zero-order valence-electron chi connectivity index (χ0n) is 6.42. The van der Waals surface area contributed by atoms with Crippen LogP contribution in [0, 0.1) is 0 Å². The first-order valence-corrected chi connectivity index (χ1v) is 3.57. The van der Waals surface area contributed by atoms with Crippen LogP contribution in [0.2, 0.25) is 0 Å². The van der Waals surface area contributed by atoms with Crippen molar-refractivity contribution in [2.75, 3.05) is 20.2 Å². The summed E-state index contributed by atoms with van der Waals surface area (Å²) in [6.07, 6.45) is 0.500. The van der Waals surface area contributed by atoms with Gasteiger partial charge in [0.1, 0.15) is 0 Å². The Morgan fingerprint density at radius 1 is 1.67 bits per heavy atom. The number of hydrogen-bond donors (Lipinski definition) is 0. The second kappa shape index (κ2) is 2.67. The molecular formula is C7H15NO. The molecule has 0 N–H and O–H groups in total. The van der Waals surface area contributed by atoms with Crippen LogP contribution in [-0.4, -0.2) is 37.2 Å². The zero-order valence-corrected chi connectivity index (χ0v) is 6.42. The Bertz CT molecular complexity index is 92.9. The Kier molecular flexibility index (Phi) is 2.09. The van der Waals surface area contributed by atoms with Gasteiger partial charge >= 0.3 is 0 Å². The fraction of sp³-hybridized carbons (Fsp3) is 1.00. The van der Waals surface area contributed by atoms with Gasteiger partial charge in [0.15, 0.2) is 0 Å². The monoisotopic (exact) mass is 129 g/mol. The third kappa shape index (κ3) is 1.25. The summed E-state index contributed by atoms with van der Waals surface area (Å²) in [6.45, 7) is 6.20. The topological polar surface area (TPSA) is 12.5 Å². The fourth-order valence-corrected chi connectivity index (χ4v) is 1.15. The lowest BCUT2D eigenvalue weighted by molar-refractivity contribution is -0.0806. The van der Waals surface area contributed by atoms with Gasteiger partial charge in [0.2, 0.25) is 0 Å². The van der Waals surface area contributed by atoms with Crippen molar-refractivity contribution < 1.29 is 4.74 Å². The largest absolute Gasteiger partial charge is 0.376 e. The number of hydrogen-bond acceptors (Lipinski definition) is 2. The van der Waals surface area contributed by atoms with E-state index in [9.17, 15) is 0 Å². The van der Waals surface area contributed by atoms with Crippen molar-refractivity contribution >= 4 is 0 Å². The summed E-state index contributed by atoms with van der Waals surface area (Å²) in [5.74, 6) is 0. The highest BCUT2D eigenvalue weighted by Crippen LogP contribution is 2.17. The van der Waals surface area contributed by atoms with Gasteiger partial charge in [-0.15, -0.1) is 0 Å². The van der Waals surface area contributed by atoms with Crippen LogP contribution >= 0.6 is 0 Å². The molecule has 0 radical (unpaired) electrons. The van der Waals surface area contributed by atoms with Crippen molar-refractivity contribution in [3.8, 4) is 0 Å². The van der Waals surface area contributed by atoms with Gasteiger partial charge in [0.05, 0.1) is 6.10 Å². The van der Waals surface area contributed by atoms with E-state index in [1.54, 1.807) is 0 Å². The number of ether oxygens (including phenoxy) is 1. The molecule has 1 rings (SSSR count). The molecule has 1 saturated heterocycles. The van der Waals surface area contributed by atoms with E-state index in [-0.39, 0.29) is 0 Å². The molecule has 1 heterocycles. The molecule has 0 saturated carbocycles. The van der Waals surface area contributed by atoms with E-state index >= 15 is 0 Å². The lowest BCUT2D eigenvalue weighted by Crippen LogP contribution is -2.57. The second-order valence-corrected chi connectivity index (χ2v) is 2.67. The number of likely N-dealkylation sites (tertiary alicyclic amines) is 1. The van der Waals surface area contributed by atoms with Crippen LogP contribution in [0.4, 0.5) is 0 Å². The first kappa shape index (κ1) is 7.03. The van der Waals surface area contributed by atoms with Crippen molar-refractivity contribution in [1.82, 2.24) is 4.90 Å². The van der Waals surface area contributed by atoms with E-state index in [0.29, 0.717) is 12.1 Å². The zero-order chi connectivity index (χ0) is 6.85. The van der Waals surface area contributed by atoms with Crippen LogP contribution in [0.1, 0.15) is 13.8 Å². The molecule has 0 aromatic carbocycles. The molecule has 0 aromatic rings. The standard InChI is InChI=1S/C7H15NO/c1-4-9-7-5-8(3)6(7)2/h6-7H,4-5H2,1-3H3. The second-order valence-electron chi connectivity index (χ2n) is 2.67. The van der Waals surface area contributed by atoms with E-state index in [1.807, 2.05) is 6.92 Å². The van der Waals surface area contributed by atoms with Crippen LogP contribution in [0.5, 0.6) is 0 Å². The summed E-state index contributed by atoms with van der Waals surface area (Å²) >= 11 is 0. The molecule has 0 aliphatic carbocycles. The Morgan fingerprint density at radius 2 is 2.33 bits per heavy atom. The third-order valence-electron chi connectivity index (χ3n) is 2.08. The minimum Gasteiger partial charge on any atom is -0.376 e. The lowest BCUT2D eigenvalue weighted by Gasteiger charge is -2.43. The van der Waals surface area contributed by atoms with Gasteiger partial charge in [-0.2, -0.15) is 0 Å². The fourth-order valence-electron chi connectivity index (χ4n) is 1.15. The molecule has 0 amide bonds. The molecule has 1 aliphatic rings. The quantitative estimate of drug-likeness (QED) is 0.545. The molecule has 2 nitrogen and oxygen atoms in total. The molecule has 0 bridgehead atoms.